The number of piperidine rings is 1. The minimum Gasteiger partial charge on any atom is -0.466 e. The van der Waals surface area contributed by atoms with Crippen molar-refractivity contribution in [1.29, 1.82) is 0 Å². The third-order valence-electron chi connectivity index (χ3n) is 4.66. The Bertz CT molecular complexity index is 557. The molecule has 0 bridgehead atoms. The zero-order valence-corrected chi connectivity index (χ0v) is 14.7. The second-order valence-corrected chi connectivity index (χ2v) is 6.67. The molecule has 1 aromatic carbocycles. The molecular weight excluding hydrogens is 331 g/mol. The number of halogens is 3. The summed E-state index contributed by atoms with van der Waals surface area (Å²) >= 11 is 0. The summed E-state index contributed by atoms with van der Waals surface area (Å²) < 4.78 is 43.3. The van der Waals surface area contributed by atoms with Crippen LogP contribution in [-0.2, 0) is 15.7 Å². The van der Waals surface area contributed by atoms with Gasteiger partial charge in [-0.25, -0.2) is 0 Å². The fraction of sp³-hybridized carbons (Fsp3) is 0.632. The van der Waals surface area contributed by atoms with Crippen molar-refractivity contribution in [2.24, 2.45) is 5.92 Å². The molecule has 0 saturated carbocycles. The SMILES string of the molecule is CCC[C@H]1C[C@H](CC(=O)OCC)C[C@H](c2ccc(C(F)(F)F)cc2)N1. The predicted octanol–water partition coefficient (Wildman–Crippen LogP) is 4.87. The standard InChI is InChI=1S/C19H26F3NO2/c1-3-5-16-10-13(12-18(24)25-4-2)11-17(23-16)14-6-8-15(9-7-14)19(20,21)22/h6-9,13,16-17,23H,3-5,10-12H2,1-2H3/t13-,16-,17+/m0/s1. The lowest BCUT2D eigenvalue weighted by Gasteiger charge is -2.36. The molecule has 1 heterocycles. The molecule has 1 fully saturated rings. The molecule has 0 aliphatic carbocycles. The average molecular weight is 357 g/mol. The van der Waals surface area contributed by atoms with Crippen LogP contribution < -0.4 is 5.32 Å². The number of benzene rings is 1. The van der Waals surface area contributed by atoms with E-state index < -0.39 is 11.7 Å². The largest absolute Gasteiger partial charge is 0.466 e. The first-order valence-corrected chi connectivity index (χ1v) is 8.92. The van der Waals surface area contributed by atoms with Crippen LogP contribution in [0, 0.1) is 5.92 Å². The summed E-state index contributed by atoms with van der Waals surface area (Å²) in [6, 6.07) is 5.56. The summed E-state index contributed by atoms with van der Waals surface area (Å²) in [6.45, 7) is 4.25. The van der Waals surface area contributed by atoms with E-state index in [1.165, 1.54) is 12.1 Å². The minimum absolute atomic E-state index is 0.0352. The van der Waals surface area contributed by atoms with E-state index in [0.29, 0.717) is 13.0 Å². The number of hydrogen-bond acceptors (Lipinski definition) is 3. The van der Waals surface area contributed by atoms with E-state index >= 15 is 0 Å². The van der Waals surface area contributed by atoms with E-state index in [4.69, 9.17) is 4.74 Å². The molecule has 1 aliphatic heterocycles. The molecule has 1 aliphatic rings. The molecule has 3 atom stereocenters. The molecule has 0 aromatic heterocycles. The Labute approximate surface area is 146 Å². The summed E-state index contributed by atoms with van der Waals surface area (Å²) in [5, 5.41) is 3.53. The number of carbonyl (C=O) groups excluding carboxylic acids is 1. The molecule has 3 nitrogen and oxygen atoms in total. The van der Waals surface area contributed by atoms with Crippen LogP contribution in [0.15, 0.2) is 24.3 Å². The molecule has 6 heteroatoms. The Morgan fingerprint density at radius 3 is 2.44 bits per heavy atom. The van der Waals surface area contributed by atoms with Gasteiger partial charge in [0.05, 0.1) is 12.2 Å². The van der Waals surface area contributed by atoms with Crippen LogP contribution in [0.4, 0.5) is 13.2 Å². The van der Waals surface area contributed by atoms with Crippen molar-refractivity contribution in [3.8, 4) is 0 Å². The Kier molecular flexibility index (Phi) is 6.87. The monoisotopic (exact) mass is 357 g/mol. The molecule has 0 amide bonds. The summed E-state index contributed by atoms with van der Waals surface area (Å²) in [5.41, 5.74) is 0.197. The number of carbonyl (C=O) groups is 1. The molecule has 1 N–H and O–H groups in total. The highest BCUT2D eigenvalue weighted by Crippen LogP contribution is 2.35. The van der Waals surface area contributed by atoms with E-state index in [9.17, 15) is 18.0 Å². The second kappa shape index (κ2) is 8.70. The van der Waals surface area contributed by atoms with Crippen LogP contribution >= 0.6 is 0 Å². The fourth-order valence-electron chi connectivity index (χ4n) is 3.56. The van der Waals surface area contributed by atoms with E-state index in [0.717, 1.165) is 43.4 Å². The van der Waals surface area contributed by atoms with Crippen molar-refractivity contribution < 1.29 is 22.7 Å². The van der Waals surface area contributed by atoms with Gasteiger partial charge < -0.3 is 10.1 Å². The third kappa shape index (κ3) is 5.73. The number of alkyl halides is 3. The van der Waals surface area contributed by atoms with Crippen LogP contribution in [0.2, 0.25) is 0 Å². The number of hydrogen-bond donors (Lipinski definition) is 1. The minimum atomic E-state index is -4.32. The summed E-state index contributed by atoms with van der Waals surface area (Å²) in [6.07, 6.45) is -0.337. The van der Waals surface area contributed by atoms with Gasteiger partial charge in [0.1, 0.15) is 0 Å². The maximum atomic E-state index is 12.7. The lowest BCUT2D eigenvalue weighted by atomic mass is 9.82. The Balaban J connectivity index is 2.10. The zero-order chi connectivity index (χ0) is 18.4. The number of nitrogens with one attached hydrogen (secondary N) is 1. The fourth-order valence-corrected chi connectivity index (χ4v) is 3.56. The first kappa shape index (κ1) is 19.8. The topological polar surface area (TPSA) is 38.3 Å². The van der Waals surface area contributed by atoms with Crippen molar-refractivity contribution in [3.63, 3.8) is 0 Å². The summed E-state index contributed by atoms with van der Waals surface area (Å²) in [5.74, 6) is -0.0139. The molecule has 25 heavy (non-hydrogen) atoms. The van der Waals surface area contributed by atoms with Crippen LogP contribution in [0.1, 0.15) is 63.1 Å². The van der Waals surface area contributed by atoms with E-state index in [1.54, 1.807) is 6.92 Å². The Morgan fingerprint density at radius 1 is 1.20 bits per heavy atom. The lowest BCUT2D eigenvalue weighted by molar-refractivity contribution is -0.144. The van der Waals surface area contributed by atoms with Gasteiger partial charge in [0.15, 0.2) is 0 Å². The molecule has 0 unspecified atom stereocenters. The van der Waals surface area contributed by atoms with Crippen molar-refractivity contribution in [2.45, 2.75) is 64.2 Å². The Hall–Kier alpha value is -1.56. The normalized spacial score (nSPS) is 24.1. The zero-order valence-electron chi connectivity index (χ0n) is 14.7. The van der Waals surface area contributed by atoms with Crippen molar-refractivity contribution in [3.05, 3.63) is 35.4 Å². The number of esters is 1. The number of rotatable bonds is 6. The van der Waals surface area contributed by atoms with E-state index in [1.807, 2.05) is 0 Å². The molecule has 0 radical (unpaired) electrons. The third-order valence-corrected chi connectivity index (χ3v) is 4.66. The van der Waals surface area contributed by atoms with Gasteiger partial charge in [-0.05, 0) is 49.8 Å². The molecule has 0 spiro atoms. The van der Waals surface area contributed by atoms with Crippen LogP contribution in [0.25, 0.3) is 0 Å². The highest BCUT2D eigenvalue weighted by Gasteiger charge is 2.32. The highest BCUT2D eigenvalue weighted by molar-refractivity contribution is 5.69. The van der Waals surface area contributed by atoms with Crippen LogP contribution in [-0.4, -0.2) is 18.6 Å². The molecule has 2 rings (SSSR count). The van der Waals surface area contributed by atoms with Gasteiger partial charge in [0, 0.05) is 18.5 Å². The molecule has 1 aromatic rings. The molecular formula is C19H26F3NO2. The first-order chi connectivity index (χ1) is 11.8. The van der Waals surface area contributed by atoms with Gasteiger partial charge in [-0.1, -0.05) is 25.5 Å². The van der Waals surface area contributed by atoms with Gasteiger partial charge in [0.2, 0.25) is 0 Å². The van der Waals surface area contributed by atoms with Gasteiger partial charge in [-0.2, -0.15) is 13.2 Å². The van der Waals surface area contributed by atoms with Crippen molar-refractivity contribution in [2.75, 3.05) is 6.61 Å². The number of ether oxygens (including phenoxy) is 1. The van der Waals surface area contributed by atoms with Crippen molar-refractivity contribution in [1.82, 2.24) is 5.32 Å². The van der Waals surface area contributed by atoms with Crippen LogP contribution in [0.3, 0.4) is 0 Å². The average Bonchev–Trinajstić information content (AvgIpc) is 2.54. The lowest BCUT2D eigenvalue weighted by Crippen LogP contribution is -2.41. The predicted molar refractivity (Wildman–Crippen MR) is 90.0 cm³/mol. The maximum Gasteiger partial charge on any atom is 0.416 e. The molecule has 140 valence electrons. The second-order valence-electron chi connectivity index (χ2n) is 6.67. The first-order valence-electron chi connectivity index (χ1n) is 8.92. The van der Waals surface area contributed by atoms with E-state index in [-0.39, 0.29) is 24.0 Å². The summed E-state index contributed by atoms with van der Waals surface area (Å²) in [7, 11) is 0. The van der Waals surface area contributed by atoms with Crippen LogP contribution in [0.5, 0.6) is 0 Å². The van der Waals surface area contributed by atoms with Gasteiger partial charge >= 0.3 is 12.1 Å². The molecule has 1 saturated heterocycles. The van der Waals surface area contributed by atoms with Gasteiger partial charge in [-0.3, -0.25) is 4.79 Å². The van der Waals surface area contributed by atoms with Gasteiger partial charge in [0.25, 0.3) is 0 Å². The van der Waals surface area contributed by atoms with E-state index in [2.05, 4.69) is 12.2 Å². The Morgan fingerprint density at radius 2 is 1.88 bits per heavy atom. The van der Waals surface area contributed by atoms with Gasteiger partial charge in [-0.15, -0.1) is 0 Å². The quantitative estimate of drug-likeness (QED) is 0.738. The van der Waals surface area contributed by atoms with Crippen molar-refractivity contribution >= 4 is 5.97 Å². The summed E-state index contributed by atoms with van der Waals surface area (Å²) in [4.78, 5) is 11.8. The maximum absolute atomic E-state index is 12.7. The highest BCUT2D eigenvalue weighted by atomic mass is 19.4. The smallest absolute Gasteiger partial charge is 0.416 e.